The van der Waals surface area contributed by atoms with Gasteiger partial charge >= 0.3 is 5.97 Å². The maximum atomic E-state index is 10.6. The van der Waals surface area contributed by atoms with Crippen molar-refractivity contribution in [1.82, 2.24) is 0 Å². The van der Waals surface area contributed by atoms with E-state index in [9.17, 15) is 4.79 Å². The van der Waals surface area contributed by atoms with Crippen LogP contribution >= 0.6 is 0 Å². The Kier molecular flexibility index (Phi) is 5.56. The number of carboxylic acid groups (broad SMARTS) is 1. The zero-order valence-electron chi connectivity index (χ0n) is 12.3. The predicted octanol–water partition coefficient (Wildman–Crippen LogP) is 3.39. The number of carbonyl (C=O) groups is 1. The molecule has 22 heavy (non-hydrogen) atoms. The van der Waals surface area contributed by atoms with E-state index >= 15 is 0 Å². The first kappa shape index (κ1) is 15.6. The standard InChI is InChI=1S/C18H18N2O2/c19-14-16(18(21)22)7-3-1-2-6-15-8-10-17(11-9-15)20-12-4-5-13-20/h1-3,6-11H,4-5,12-13H2,(H,21,22). The second-order valence-corrected chi connectivity index (χ2v) is 5.03. The number of hydrogen-bond acceptors (Lipinski definition) is 3. The van der Waals surface area contributed by atoms with Crippen LogP contribution in [0.15, 0.2) is 54.1 Å². The Morgan fingerprint density at radius 3 is 2.41 bits per heavy atom. The number of anilines is 1. The first-order chi connectivity index (χ1) is 10.7. The van der Waals surface area contributed by atoms with Gasteiger partial charge in [0.1, 0.15) is 11.6 Å². The molecule has 0 bridgehead atoms. The molecule has 1 aromatic carbocycles. The summed E-state index contributed by atoms with van der Waals surface area (Å²) in [6, 6.07) is 9.98. The van der Waals surface area contributed by atoms with Crippen LogP contribution in [0.5, 0.6) is 0 Å². The second-order valence-electron chi connectivity index (χ2n) is 5.03. The average Bonchev–Trinajstić information content (AvgIpc) is 3.05. The fourth-order valence-electron chi connectivity index (χ4n) is 2.31. The lowest BCUT2D eigenvalue weighted by Gasteiger charge is -2.17. The van der Waals surface area contributed by atoms with E-state index in [1.54, 1.807) is 18.2 Å². The molecule has 0 unspecified atom stereocenters. The molecule has 0 atom stereocenters. The van der Waals surface area contributed by atoms with Crippen LogP contribution in [0.3, 0.4) is 0 Å². The SMILES string of the molecule is N#CC(=CC=CC=Cc1ccc(N2CCCC2)cc1)C(=O)O. The molecule has 2 rings (SSSR count). The van der Waals surface area contributed by atoms with Crippen LogP contribution in [0, 0.1) is 11.3 Å². The van der Waals surface area contributed by atoms with E-state index in [-0.39, 0.29) is 5.57 Å². The number of allylic oxidation sites excluding steroid dienone is 4. The van der Waals surface area contributed by atoms with E-state index in [0.717, 1.165) is 18.7 Å². The van der Waals surface area contributed by atoms with Gasteiger partial charge in [-0.1, -0.05) is 36.4 Å². The topological polar surface area (TPSA) is 64.3 Å². The van der Waals surface area contributed by atoms with Crippen molar-refractivity contribution in [2.45, 2.75) is 12.8 Å². The number of hydrogen-bond donors (Lipinski definition) is 1. The van der Waals surface area contributed by atoms with E-state index in [1.165, 1.54) is 24.6 Å². The lowest BCUT2D eigenvalue weighted by Crippen LogP contribution is -2.17. The molecule has 1 aromatic rings. The molecule has 0 radical (unpaired) electrons. The van der Waals surface area contributed by atoms with Crippen molar-refractivity contribution in [2.24, 2.45) is 0 Å². The molecule has 4 heteroatoms. The van der Waals surface area contributed by atoms with Crippen LogP contribution in [0.1, 0.15) is 18.4 Å². The van der Waals surface area contributed by atoms with E-state index < -0.39 is 5.97 Å². The van der Waals surface area contributed by atoms with Gasteiger partial charge in [0.2, 0.25) is 0 Å². The smallest absolute Gasteiger partial charge is 0.346 e. The Bertz CT molecular complexity index is 643. The Balaban J connectivity index is 1.93. The van der Waals surface area contributed by atoms with Crippen molar-refractivity contribution in [3.63, 3.8) is 0 Å². The largest absolute Gasteiger partial charge is 0.477 e. The van der Waals surface area contributed by atoms with Crippen LogP contribution < -0.4 is 4.90 Å². The van der Waals surface area contributed by atoms with Crippen LogP contribution in [0.25, 0.3) is 6.08 Å². The van der Waals surface area contributed by atoms with E-state index in [1.807, 2.05) is 12.2 Å². The quantitative estimate of drug-likeness (QED) is 0.513. The highest BCUT2D eigenvalue weighted by Crippen LogP contribution is 2.20. The summed E-state index contributed by atoms with van der Waals surface area (Å²) in [6.45, 7) is 2.27. The van der Waals surface area contributed by atoms with Gasteiger partial charge in [-0.05, 0) is 36.6 Å². The Morgan fingerprint density at radius 1 is 1.14 bits per heavy atom. The van der Waals surface area contributed by atoms with Crippen molar-refractivity contribution in [3.05, 3.63) is 59.7 Å². The third kappa shape index (κ3) is 4.35. The van der Waals surface area contributed by atoms with Crippen LogP contribution in [0.2, 0.25) is 0 Å². The monoisotopic (exact) mass is 294 g/mol. The number of aliphatic carboxylic acids is 1. The van der Waals surface area contributed by atoms with Gasteiger partial charge in [0, 0.05) is 18.8 Å². The summed E-state index contributed by atoms with van der Waals surface area (Å²) in [5.74, 6) is -1.21. The Labute approximate surface area is 130 Å². The zero-order valence-corrected chi connectivity index (χ0v) is 12.3. The van der Waals surface area contributed by atoms with Crippen molar-refractivity contribution in [1.29, 1.82) is 5.26 Å². The summed E-state index contributed by atoms with van der Waals surface area (Å²) in [4.78, 5) is 13.0. The Hall–Kier alpha value is -2.80. The van der Waals surface area contributed by atoms with Gasteiger partial charge in [-0.3, -0.25) is 0 Å². The third-order valence-corrected chi connectivity index (χ3v) is 3.49. The summed E-state index contributed by atoms with van der Waals surface area (Å²) in [5.41, 5.74) is 2.06. The molecule has 1 fully saturated rings. The van der Waals surface area contributed by atoms with Gasteiger partial charge in [0.15, 0.2) is 0 Å². The van der Waals surface area contributed by atoms with Gasteiger partial charge in [-0.25, -0.2) is 4.79 Å². The molecule has 1 saturated heterocycles. The maximum absolute atomic E-state index is 10.6. The molecule has 1 aliphatic rings. The molecule has 0 spiro atoms. The maximum Gasteiger partial charge on any atom is 0.346 e. The van der Waals surface area contributed by atoms with Gasteiger partial charge < -0.3 is 10.0 Å². The molecule has 0 amide bonds. The normalized spacial score (nSPS) is 15.6. The first-order valence-electron chi connectivity index (χ1n) is 7.24. The summed E-state index contributed by atoms with van der Waals surface area (Å²) in [6.07, 6.45) is 10.8. The van der Waals surface area contributed by atoms with Crippen LogP contribution in [0.4, 0.5) is 5.69 Å². The van der Waals surface area contributed by atoms with Crippen molar-refractivity contribution in [2.75, 3.05) is 18.0 Å². The van der Waals surface area contributed by atoms with E-state index in [4.69, 9.17) is 10.4 Å². The molecule has 112 valence electrons. The number of carboxylic acids is 1. The summed E-state index contributed by atoms with van der Waals surface area (Å²) < 4.78 is 0. The Morgan fingerprint density at radius 2 is 1.82 bits per heavy atom. The van der Waals surface area contributed by atoms with E-state index in [0.29, 0.717) is 0 Å². The average molecular weight is 294 g/mol. The van der Waals surface area contributed by atoms with Crippen LogP contribution in [-0.4, -0.2) is 24.2 Å². The van der Waals surface area contributed by atoms with Crippen molar-refractivity contribution in [3.8, 4) is 6.07 Å². The number of rotatable bonds is 5. The minimum absolute atomic E-state index is 0.278. The first-order valence-corrected chi connectivity index (χ1v) is 7.24. The molecule has 0 aliphatic carbocycles. The summed E-state index contributed by atoms with van der Waals surface area (Å²) >= 11 is 0. The lowest BCUT2D eigenvalue weighted by atomic mass is 10.2. The number of benzene rings is 1. The minimum atomic E-state index is -1.21. The molecule has 1 N–H and O–H groups in total. The van der Waals surface area contributed by atoms with Crippen molar-refractivity contribution >= 4 is 17.7 Å². The highest BCUT2D eigenvalue weighted by molar-refractivity contribution is 5.91. The van der Waals surface area contributed by atoms with Gasteiger partial charge in [-0.2, -0.15) is 5.26 Å². The van der Waals surface area contributed by atoms with E-state index in [2.05, 4.69) is 29.2 Å². The summed E-state index contributed by atoms with van der Waals surface area (Å²) in [7, 11) is 0. The fraction of sp³-hybridized carbons (Fsp3) is 0.222. The third-order valence-electron chi connectivity index (χ3n) is 3.49. The zero-order chi connectivity index (χ0) is 15.8. The van der Waals surface area contributed by atoms with Gasteiger partial charge in [0.25, 0.3) is 0 Å². The number of nitriles is 1. The molecule has 4 nitrogen and oxygen atoms in total. The van der Waals surface area contributed by atoms with Crippen molar-refractivity contribution < 1.29 is 9.90 Å². The predicted molar refractivity (Wildman–Crippen MR) is 87.4 cm³/mol. The van der Waals surface area contributed by atoms with Crippen LogP contribution in [-0.2, 0) is 4.79 Å². The highest BCUT2D eigenvalue weighted by Gasteiger charge is 2.11. The molecule has 1 heterocycles. The molecule has 0 saturated carbocycles. The van der Waals surface area contributed by atoms with Gasteiger partial charge in [-0.15, -0.1) is 0 Å². The number of nitrogens with zero attached hydrogens (tertiary/aromatic N) is 2. The highest BCUT2D eigenvalue weighted by atomic mass is 16.4. The lowest BCUT2D eigenvalue weighted by molar-refractivity contribution is -0.132. The molecular weight excluding hydrogens is 276 g/mol. The molecule has 1 aliphatic heterocycles. The van der Waals surface area contributed by atoms with Gasteiger partial charge in [0.05, 0.1) is 0 Å². The minimum Gasteiger partial charge on any atom is -0.477 e. The fourth-order valence-corrected chi connectivity index (χ4v) is 2.31. The second kappa shape index (κ2) is 7.84. The molecular formula is C18H18N2O2. The molecule has 0 aromatic heterocycles. The summed E-state index contributed by atoms with van der Waals surface area (Å²) in [5, 5.41) is 17.3.